The Hall–Kier alpha value is -1.80. The largest absolute Gasteiger partial charge is 0.373 e. The normalized spacial score (nSPS) is 9.31. The Kier molecular flexibility index (Phi) is 4.55. The Morgan fingerprint density at radius 2 is 2.31 bits per heavy atom. The summed E-state index contributed by atoms with van der Waals surface area (Å²) in [5, 5.41) is 13.3. The van der Waals surface area contributed by atoms with Gasteiger partial charge in [0, 0.05) is 0 Å². The molecule has 16 heavy (non-hydrogen) atoms. The molecule has 1 aromatic carbocycles. The summed E-state index contributed by atoms with van der Waals surface area (Å²) in [5.41, 5.74) is 0.0799. The van der Waals surface area contributed by atoms with E-state index in [-0.39, 0.29) is 23.8 Å². The van der Waals surface area contributed by atoms with Gasteiger partial charge < -0.3 is 10.6 Å². The fourth-order valence-corrected chi connectivity index (χ4v) is 1.27. The van der Waals surface area contributed by atoms with Crippen LogP contribution < -0.4 is 10.6 Å². The van der Waals surface area contributed by atoms with Gasteiger partial charge in [0.05, 0.1) is 23.3 Å². The smallest absolute Gasteiger partial charge is 0.240 e. The van der Waals surface area contributed by atoms with E-state index >= 15 is 0 Å². The Morgan fingerprint density at radius 3 is 2.94 bits per heavy atom. The van der Waals surface area contributed by atoms with Crippen LogP contribution in [0.25, 0.3) is 0 Å². The number of hydrogen-bond donors (Lipinski definition) is 2. The van der Waals surface area contributed by atoms with Crippen molar-refractivity contribution in [2.24, 2.45) is 0 Å². The number of halogens is 2. The zero-order chi connectivity index (χ0) is 12.0. The van der Waals surface area contributed by atoms with Gasteiger partial charge in [-0.05, 0) is 12.1 Å². The van der Waals surface area contributed by atoms with Crippen molar-refractivity contribution >= 4 is 23.2 Å². The summed E-state index contributed by atoms with van der Waals surface area (Å²) in [4.78, 5) is 11.1. The third kappa shape index (κ3) is 3.41. The maximum absolute atomic E-state index is 13.2. The van der Waals surface area contributed by atoms with Crippen molar-refractivity contribution < 1.29 is 9.18 Å². The monoisotopic (exact) mass is 241 g/mol. The van der Waals surface area contributed by atoms with Crippen molar-refractivity contribution in [3.05, 3.63) is 29.0 Å². The molecule has 0 bridgehead atoms. The van der Waals surface area contributed by atoms with Crippen molar-refractivity contribution in [2.75, 3.05) is 18.4 Å². The zero-order valence-corrected chi connectivity index (χ0v) is 9.01. The Balaban J connectivity index is 2.55. The van der Waals surface area contributed by atoms with Gasteiger partial charge in [-0.2, -0.15) is 5.26 Å². The average Bonchev–Trinajstić information content (AvgIpc) is 2.25. The molecule has 1 rings (SSSR count). The Labute approximate surface area is 97.0 Å². The number of nitrogens with one attached hydrogen (secondary N) is 2. The van der Waals surface area contributed by atoms with Gasteiger partial charge in [-0.1, -0.05) is 17.7 Å². The first-order valence-corrected chi connectivity index (χ1v) is 4.84. The van der Waals surface area contributed by atoms with E-state index < -0.39 is 11.7 Å². The van der Waals surface area contributed by atoms with Crippen molar-refractivity contribution in [3.8, 4) is 6.07 Å². The van der Waals surface area contributed by atoms with E-state index in [1.807, 2.05) is 0 Å². The van der Waals surface area contributed by atoms with E-state index in [1.165, 1.54) is 18.2 Å². The van der Waals surface area contributed by atoms with Gasteiger partial charge in [0.2, 0.25) is 5.91 Å². The molecule has 0 heterocycles. The van der Waals surface area contributed by atoms with Gasteiger partial charge in [0.15, 0.2) is 0 Å². The van der Waals surface area contributed by atoms with Gasteiger partial charge in [-0.15, -0.1) is 0 Å². The molecular weight excluding hydrogens is 233 g/mol. The molecule has 0 saturated heterocycles. The molecule has 0 aromatic heterocycles. The minimum Gasteiger partial charge on any atom is -0.373 e. The highest BCUT2D eigenvalue weighted by Crippen LogP contribution is 2.23. The fourth-order valence-electron chi connectivity index (χ4n) is 1.04. The quantitative estimate of drug-likeness (QED) is 0.786. The molecule has 2 N–H and O–H groups in total. The topological polar surface area (TPSA) is 64.9 Å². The second-order valence-corrected chi connectivity index (χ2v) is 3.29. The van der Waals surface area contributed by atoms with Gasteiger partial charge >= 0.3 is 0 Å². The van der Waals surface area contributed by atoms with E-state index in [1.54, 1.807) is 6.07 Å². The molecular formula is C10H9ClFN3O. The predicted molar refractivity (Wildman–Crippen MR) is 58.5 cm³/mol. The van der Waals surface area contributed by atoms with Crippen LogP contribution in [0.5, 0.6) is 0 Å². The lowest BCUT2D eigenvalue weighted by atomic mass is 10.3. The first-order chi connectivity index (χ1) is 7.65. The standard InChI is InChI=1S/C10H9ClFN3O/c11-7-2-1-3-8(12)10(7)15-6-9(16)14-5-4-13/h1-3,15H,5-6H2,(H,14,16). The number of benzene rings is 1. The second-order valence-electron chi connectivity index (χ2n) is 2.89. The lowest BCUT2D eigenvalue weighted by Gasteiger charge is -2.08. The van der Waals surface area contributed by atoms with Crippen LogP contribution in [0, 0.1) is 17.1 Å². The van der Waals surface area contributed by atoms with E-state index in [0.717, 1.165) is 0 Å². The molecule has 0 aliphatic heterocycles. The number of para-hydroxylation sites is 1. The highest BCUT2D eigenvalue weighted by Gasteiger charge is 2.07. The predicted octanol–water partition coefficient (Wildman–Crippen LogP) is 1.53. The second kappa shape index (κ2) is 5.93. The van der Waals surface area contributed by atoms with Crippen LogP contribution in [0.3, 0.4) is 0 Å². The van der Waals surface area contributed by atoms with Crippen LogP contribution in [0.1, 0.15) is 0 Å². The third-order valence-corrected chi connectivity index (χ3v) is 2.07. The third-order valence-electron chi connectivity index (χ3n) is 1.75. The van der Waals surface area contributed by atoms with Crippen LogP contribution in [-0.4, -0.2) is 19.0 Å². The lowest BCUT2D eigenvalue weighted by Crippen LogP contribution is -2.30. The number of carbonyl (C=O) groups excluding carboxylic acids is 1. The van der Waals surface area contributed by atoms with Gasteiger partial charge in [-0.3, -0.25) is 4.79 Å². The summed E-state index contributed by atoms with van der Waals surface area (Å²) in [6.07, 6.45) is 0. The maximum Gasteiger partial charge on any atom is 0.240 e. The zero-order valence-electron chi connectivity index (χ0n) is 8.26. The number of amides is 1. The van der Waals surface area contributed by atoms with E-state index in [4.69, 9.17) is 16.9 Å². The molecule has 0 radical (unpaired) electrons. The highest BCUT2D eigenvalue weighted by molar-refractivity contribution is 6.33. The number of rotatable bonds is 4. The maximum atomic E-state index is 13.2. The summed E-state index contributed by atoms with van der Waals surface area (Å²) in [5.74, 6) is -0.929. The molecule has 0 aliphatic carbocycles. The molecule has 84 valence electrons. The van der Waals surface area contributed by atoms with E-state index in [2.05, 4.69) is 10.6 Å². The molecule has 1 amide bonds. The molecule has 0 spiro atoms. The Bertz CT molecular complexity index is 410. The molecule has 0 fully saturated rings. The summed E-state index contributed by atoms with van der Waals surface area (Å²) in [6.45, 7) is -0.214. The molecule has 0 saturated carbocycles. The van der Waals surface area contributed by atoms with Gasteiger partial charge in [0.1, 0.15) is 12.4 Å². The average molecular weight is 242 g/mol. The van der Waals surface area contributed by atoms with Crippen LogP contribution in [0.2, 0.25) is 5.02 Å². The van der Waals surface area contributed by atoms with Gasteiger partial charge in [-0.25, -0.2) is 4.39 Å². The molecule has 0 unspecified atom stereocenters. The van der Waals surface area contributed by atoms with Crippen molar-refractivity contribution in [1.82, 2.24) is 5.32 Å². The molecule has 0 aliphatic rings. The lowest BCUT2D eigenvalue weighted by molar-refractivity contribution is -0.119. The number of carbonyl (C=O) groups is 1. The van der Waals surface area contributed by atoms with Crippen molar-refractivity contribution in [2.45, 2.75) is 0 Å². The number of anilines is 1. The molecule has 1 aromatic rings. The first kappa shape index (κ1) is 12.3. The van der Waals surface area contributed by atoms with Crippen LogP contribution in [0.4, 0.5) is 10.1 Å². The molecule has 6 heteroatoms. The number of nitrogens with zero attached hydrogens (tertiary/aromatic N) is 1. The summed E-state index contributed by atoms with van der Waals surface area (Å²) < 4.78 is 13.2. The van der Waals surface area contributed by atoms with Crippen molar-refractivity contribution in [1.29, 1.82) is 5.26 Å². The van der Waals surface area contributed by atoms with Crippen LogP contribution in [0.15, 0.2) is 18.2 Å². The van der Waals surface area contributed by atoms with Crippen molar-refractivity contribution in [3.63, 3.8) is 0 Å². The van der Waals surface area contributed by atoms with E-state index in [9.17, 15) is 9.18 Å². The molecule has 0 atom stereocenters. The number of hydrogen-bond acceptors (Lipinski definition) is 3. The molecule has 4 nitrogen and oxygen atoms in total. The van der Waals surface area contributed by atoms with Gasteiger partial charge in [0.25, 0.3) is 0 Å². The minimum absolute atomic E-state index is 0.0779. The SMILES string of the molecule is N#CCNC(=O)CNc1c(F)cccc1Cl. The van der Waals surface area contributed by atoms with Crippen LogP contribution in [-0.2, 0) is 4.79 Å². The Morgan fingerprint density at radius 1 is 1.56 bits per heavy atom. The summed E-state index contributed by atoms with van der Waals surface area (Å²) in [6, 6.07) is 5.98. The van der Waals surface area contributed by atoms with E-state index in [0.29, 0.717) is 0 Å². The summed E-state index contributed by atoms with van der Waals surface area (Å²) in [7, 11) is 0. The van der Waals surface area contributed by atoms with Crippen LogP contribution >= 0.6 is 11.6 Å². The summed E-state index contributed by atoms with van der Waals surface area (Å²) >= 11 is 5.73. The fraction of sp³-hybridized carbons (Fsp3) is 0.200. The first-order valence-electron chi connectivity index (χ1n) is 4.46. The number of nitriles is 1. The highest BCUT2D eigenvalue weighted by atomic mass is 35.5. The minimum atomic E-state index is -0.527.